The topological polar surface area (TPSA) is 66.0 Å². The average Bonchev–Trinajstić information content (AvgIpc) is 2.78. The lowest BCUT2D eigenvalue weighted by atomic mass is 10.0. The number of hydrogen-bond acceptors (Lipinski definition) is 6. The van der Waals surface area contributed by atoms with Crippen molar-refractivity contribution in [3.05, 3.63) is 53.8 Å². The molecular weight excluding hydrogens is 408 g/mol. The van der Waals surface area contributed by atoms with Gasteiger partial charge in [-0.25, -0.2) is 15.0 Å². The number of nitrogens with zero attached hydrogens (tertiary/aromatic N) is 4. The van der Waals surface area contributed by atoms with Gasteiger partial charge in [-0.2, -0.15) is 0 Å². The van der Waals surface area contributed by atoms with Gasteiger partial charge in [0.15, 0.2) is 0 Å². The van der Waals surface area contributed by atoms with Crippen LogP contribution >= 0.6 is 11.6 Å². The van der Waals surface area contributed by atoms with Crippen molar-refractivity contribution >= 4 is 44.9 Å². The van der Waals surface area contributed by atoms with Gasteiger partial charge in [0.1, 0.15) is 18.0 Å². The molecule has 158 valence electrons. The summed E-state index contributed by atoms with van der Waals surface area (Å²) in [6.07, 6.45) is 1.64. The number of rotatable bonds is 4. The van der Waals surface area contributed by atoms with Crippen LogP contribution in [0, 0.1) is 0 Å². The lowest BCUT2D eigenvalue weighted by Crippen LogP contribution is -2.44. The third-order valence-electron chi connectivity index (χ3n) is 5.55. The SMILES string of the molecule is CC(C)Nc1cc2ccccc2c(-c2cc3ncnc(N4CCNCC4)c3cc2Cl)n1. The fraction of sp³-hybridized carbons (Fsp3) is 0.292. The summed E-state index contributed by atoms with van der Waals surface area (Å²) in [4.78, 5) is 16.4. The maximum atomic E-state index is 6.86. The van der Waals surface area contributed by atoms with E-state index in [2.05, 4.69) is 57.5 Å². The van der Waals surface area contributed by atoms with Crippen molar-refractivity contribution in [2.75, 3.05) is 36.4 Å². The van der Waals surface area contributed by atoms with Gasteiger partial charge in [0.2, 0.25) is 0 Å². The molecular formula is C24H25ClN6. The zero-order valence-electron chi connectivity index (χ0n) is 17.7. The number of benzene rings is 2. The second kappa shape index (κ2) is 8.29. The Morgan fingerprint density at radius 1 is 1.03 bits per heavy atom. The maximum Gasteiger partial charge on any atom is 0.140 e. The van der Waals surface area contributed by atoms with Gasteiger partial charge in [0.05, 0.1) is 16.2 Å². The number of nitrogens with one attached hydrogen (secondary N) is 2. The van der Waals surface area contributed by atoms with E-state index >= 15 is 0 Å². The number of halogens is 1. The molecule has 2 aromatic carbocycles. The Labute approximate surface area is 186 Å². The Hall–Kier alpha value is -2.96. The van der Waals surface area contributed by atoms with Crippen LogP contribution in [0.3, 0.4) is 0 Å². The van der Waals surface area contributed by atoms with Crippen molar-refractivity contribution in [1.29, 1.82) is 0 Å². The molecule has 31 heavy (non-hydrogen) atoms. The fourth-order valence-corrected chi connectivity index (χ4v) is 4.40. The molecule has 1 fully saturated rings. The number of aromatic nitrogens is 3. The fourth-order valence-electron chi connectivity index (χ4n) is 4.15. The van der Waals surface area contributed by atoms with Gasteiger partial charge >= 0.3 is 0 Å². The van der Waals surface area contributed by atoms with Crippen LogP contribution in [0.5, 0.6) is 0 Å². The molecule has 4 aromatic rings. The van der Waals surface area contributed by atoms with Crippen molar-refractivity contribution in [2.24, 2.45) is 0 Å². The highest BCUT2D eigenvalue weighted by Gasteiger charge is 2.18. The van der Waals surface area contributed by atoms with Gasteiger partial charge in [0.25, 0.3) is 0 Å². The van der Waals surface area contributed by atoms with Gasteiger partial charge < -0.3 is 15.5 Å². The van der Waals surface area contributed by atoms with Crippen molar-refractivity contribution in [1.82, 2.24) is 20.3 Å². The number of anilines is 2. The van der Waals surface area contributed by atoms with Crippen LogP contribution in [-0.2, 0) is 0 Å². The highest BCUT2D eigenvalue weighted by molar-refractivity contribution is 6.34. The van der Waals surface area contributed by atoms with Gasteiger partial charge in [-0.05, 0) is 37.4 Å². The lowest BCUT2D eigenvalue weighted by molar-refractivity contribution is 0.586. The van der Waals surface area contributed by atoms with Crippen molar-refractivity contribution in [2.45, 2.75) is 19.9 Å². The summed E-state index contributed by atoms with van der Waals surface area (Å²) < 4.78 is 0. The van der Waals surface area contributed by atoms with E-state index in [0.29, 0.717) is 5.02 Å². The maximum absolute atomic E-state index is 6.86. The molecule has 6 nitrogen and oxygen atoms in total. The summed E-state index contributed by atoms with van der Waals surface area (Å²) in [6.45, 7) is 7.94. The predicted octanol–water partition coefficient (Wildman–Crippen LogP) is 4.73. The Bertz CT molecular complexity index is 1250. The van der Waals surface area contributed by atoms with Crippen LogP contribution in [0.4, 0.5) is 11.6 Å². The minimum Gasteiger partial charge on any atom is -0.368 e. The first kappa shape index (κ1) is 20.0. The number of pyridine rings is 1. The van der Waals surface area contributed by atoms with Crippen molar-refractivity contribution in [3.8, 4) is 11.3 Å². The van der Waals surface area contributed by atoms with E-state index in [-0.39, 0.29) is 6.04 Å². The molecule has 0 spiro atoms. The first-order valence-electron chi connectivity index (χ1n) is 10.7. The highest BCUT2D eigenvalue weighted by atomic mass is 35.5. The summed E-state index contributed by atoms with van der Waals surface area (Å²) in [5.41, 5.74) is 2.61. The number of hydrogen-bond donors (Lipinski definition) is 2. The smallest absolute Gasteiger partial charge is 0.140 e. The second-order valence-corrected chi connectivity index (χ2v) is 8.57. The van der Waals surface area contributed by atoms with E-state index in [1.54, 1.807) is 6.33 Å². The third-order valence-corrected chi connectivity index (χ3v) is 5.86. The standard InChI is InChI=1S/C24H25ClN6/c1-15(2)29-22-11-16-5-3-4-6-17(16)23(30-22)18-13-21-19(12-20(18)25)24(28-14-27-21)31-9-7-26-8-10-31/h3-6,11-15,26H,7-10H2,1-2H3,(H,29,30). The second-order valence-electron chi connectivity index (χ2n) is 8.16. The molecule has 0 unspecified atom stereocenters. The molecule has 5 rings (SSSR count). The highest BCUT2D eigenvalue weighted by Crippen LogP contribution is 2.37. The number of fused-ring (bicyclic) bond motifs is 2. The largest absolute Gasteiger partial charge is 0.368 e. The number of piperazine rings is 1. The lowest BCUT2D eigenvalue weighted by Gasteiger charge is -2.29. The van der Waals surface area contributed by atoms with E-state index in [4.69, 9.17) is 16.6 Å². The predicted molar refractivity (Wildman–Crippen MR) is 129 cm³/mol. The quantitative estimate of drug-likeness (QED) is 0.486. The molecule has 2 N–H and O–H groups in total. The average molecular weight is 433 g/mol. The third kappa shape index (κ3) is 3.89. The van der Waals surface area contributed by atoms with Crippen LogP contribution in [0.15, 0.2) is 48.8 Å². The molecule has 0 saturated carbocycles. The molecule has 1 aliphatic rings. The van der Waals surface area contributed by atoms with E-state index in [9.17, 15) is 0 Å². The van der Waals surface area contributed by atoms with Crippen LogP contribution in [0.1, 0.15) is 13.8 Å². The van der Waals surface area contributed by atoms with E-state index in [1.165, 1.54) is 0 Å². The van der Waals surface area contributed by atoms with E-state index in [1.807, 2.05) is 24.3 Å². The summed E-state index contributed by atoms with van der Waals surface area (Å²) in [5, 5.41) is 10.6. The normalized spacial score (nSPS) is 14.5. The Kier molecular flexibility index (Phi) is 5.34. The van der Waals surface area contributed by atoms with Crippen LogP contribution in [0.25, 0.3) is 32.9 Å². The Morgan fingerprint density at radius 3 is 2.65 bits per heavy atom. The Morgan fingerprint density at radius 2 is 1.84 bits per heavy atom. The van der Waals surface area contributed by atoms with Crippen LogP contribution < -0.4 is 15.5 Å². The monoisotopic (exact) mass is 432 g/mol. The zero-order chi connectivity index (χ0) is 21.4. The molecule has 0 atom stereocenters. The van der Waals surface area contributed by atoms with Crippen molar-refractivity contribution in [3.63, 3.8) is 0 Å². The van der Waals surface area contributed by atoms with E-state index in [0.717, 1.165) is 70.7 Å². The van der Waals surface area contributed by atoms with Crippen LogP contribution in [-0.4, -0.2) is 47.2 Å². The zero-order valence-corrected chi connectivity index (χ0v) is 18.4. The minimum atomic E-state index is 0.280. The molecule has 0 aliphatic carbocycles. The van der Waals surface area contributed by atoms with E-state index < -0.39 is 0 Å². The molecule has 7 heteroatoms. The minimum absolute atomic E-state index is 0.280. The van der Waals surface area contributed by atoms with Gasteiger partial charge in [-0.3, -0.25) is 0 Å². The Balaban J connectivity index is 1.69. The summed E-state index contributed by atoms with van der Waals surface area (Å²) in [6, 6.07) is 14.7. The molecule has 3 heterocycles. The van der Waals surface area contributed by atoms with Gasteiger partial charge in [-0.1, -0.05) is 35.9 Å². The molecule has 1 saturated heterocycles. The van der Waals surface area contributed by atoms with Crippen LogP contribution in [0.2, 0.25) is 5.02 Å². The molecule has 0 amide bonds. The van der Waals surface area contributed by atoms with Gasteiger partial charge in [-0.15, -0.1) is 0 Å². The molecule has 0 radical (unpaired) electrons. The molecule has 1 aliphatic heterocycles. The molecule has 0 bridgehead atoms. The molecule has 2 aromatic heterocycles. The summed E-state index contributed by atoms with van der Waals surface area (Å²) in [5.74, 6) is 1.78. The van der Waals surface area contributed by atoms with Crippen molar-refractivity contribution < 1.29 is 0 Å². The first-order valence-corrected chi connectivity index (χ1v) is 11.0. The first-order chi connectivity index (χ1) is 15.1. The summed E-state index contributed by atoms with van der Waals surface area (Å²) in [7, 11) is 0. The van der Waals surface area contributed by atoms with Gasteiger partial charge in [0, 0.05) is 48.6 Å². The summed E-state index contributed by atoms with van der Waals surface area (Å²) >= 11 is 6.86.